The van der Waals surface area contributed by atoms with Crippen molar-refractivity contribution in [2.24, 2.45) is 0 Å². The Labute approximate surface area is 127 Å². The van der Waals surface area contributed by atoms with Crippen molar-refractivity contribution in [3.63, 3.8) is 0 Å². The zero-order chi connectivity index (χ0) is 14.9. The van der Waals surface area contributed by atoms with Gasteiger partial charge in [0.05, 0.1) is 13.2 Å². The molecule has 0 atom stereocenters. The molecule has 21 heavy (non-hydrogen) atoms. The van der Waals surface area contributed by atoms with Crippen LogP contribution in [0.15, 0.2) is 24.3 Å². The Morgan fingerprint density at radius 2 is 2.10 bits per heavy atom. The lowest BCUT2D eigenvalue weighted by molar-refractivity contribution is -0.116. The Balaban J connectivity index is 1.83. The van der Waals surface area contributed by atoms with Crippen molar-refractivity contribution >= 4 is 11.6 Å². The number of carbonyl (C=O) groups is 1. The average Bonchev–Trinajstić information content (AvgIpc) is 2.49. The van der Waals surface area contributed by atoms with Crippen LogP contribution in [0, 0.1) is 0 Å². The highest BCUT2D eigenvalue weighted by Crippen LogP contribution is 2.14. The highest BCUT2D eigenvalue weighted by Gasteiger charge is 2.11. The smallest absolute Gasteiger partial charge is 0.224 e. The molecule has 1 fully saturated rings. The van der Waals surface area contributed by atoms with Gasteiger partial charge in [0, 0.05) is 31.7 Å². The fraction of sp³-hybridized carbons (Fsp3) is 0.588. The minimum Gasteiger partial charge on any atom is -0.379 e. The molecule has 0 aliphatic carbocycles. The van der Waals surface area contributed by atoms with Crippen LogP contribution in [0.3, 0.4) is 0 Å². The van der Waals surface area contributed by atoms with Crippen molar-refractivity contribution in [3.8, 4) is 0 Å². The minimum atomic E-state index is 0.118. The van der Waals surface area contributed by atoms with Crippen molar-refractivity contribution in [2.45, 2.75) is 39.2 Å². The number of unbranched alkanes of at least 4 members (excludes halogenated alkanes) is 2. The number of anilines is 1. The van der Waals surface area contributed by atoms with Gasteiger partial charge in [0.15, 0.2) is 0 Å². The van der Waals surface area contributed by atoms with E-state index in [1.807, 2.05) is 12.1 Å². The van der Waals surface area contributed by atoms with Gasteiger partial charge in [0.2, 0.25) is 5.91 Å². The predicted octanol–water partition coefficient (Wildman–Crippen LogP) is 3.04. The summed E-state index contributed by atoms with van der Waals surface area (Å²) in [4.78, 5) is 14.2. The first-order chi connectivity index (χ1) is 10.3. The second kappa shape index (κ2) is 8.80. The number of amides is 1. The van der Waals surface area contributed by atoms with Gasteiger partial charge in [-0.15, -0.1) is 0 Å². The van der Waals surface area contributed by atoms with Gasteiger partial charge in [0.25, 0.3) is 0 Å². The van der Waals surface area contributed by atoms with Gasteiger partial charge in [-0.1, -0.05) is 31.9 Å². The fourth-order valence-electron chi connectivity index (χ4n) is 2.52. The molecule has 0 spiro atoms. The van der Waals surface area contributed by atoms with E-state index in [2.05, 4.69) is 29.3 Å². The van der Waals surface area contributed by atoms with Gasteiger partial charge >= 0.3 is 0 Å². The van der Waals surface area contributed by atoms with E-state index in [4.69, 9.17) is 4.74 Å². The van der Waals surface area contributed by atoms with Crippen molar-refractivity contribution in [2.75, 3.05) is 31.6 Å². The number of ether oxygens (including phenoxy) is 1. The van der Waals surface area contributed by atoms with Crippen LogP contribution in [-0.4, -0.2) is 37.1 Å². The molecular weight excluding hydrogens is 264 g/mol. The largest absolute Gasteiger partial charge is 0.379 e. The van der Waals surface area contributed by atoms with E-state index in [9.17, 15) is 4.79 Å². The summed E-state index contributed by atoms with van der Waals surface area (Å²) in [7, 11) is 0. The molecule has 4 heteroatoms. The average molecular weight is 290 g/mol. The molecule has 116 valence electrons. The fourth-order valence-corrected chi connectivity index (χ4v) is 2.52. The standard InChI is InChI=1S/C17H26N2O2/c1-2-3-4-8-17(20)18-16-7-5-6-15(13-16)14-19-9-11-21-12-10-19/h5-7,13H,2-4,8-12,14H2,1H3,(H,18,20). The highest BCUT2D eigenvalue weighted by atomic mass is 16.5. The predicted molar refractivity (Wildman–Crippen MR) is 85.3 cm³/mol. The Morgan fingerprint density at radius 1 is 1.29 bits per heavy atom. The van der Waals surface area contributed by atoms with E-state index in [0.29, 0.717) is 6.42 Å². The molecule has 1 aromatic carbocycles. The molecule has 0 radical (unpaired) electrons. The molecule has 4 nitrogen and oxygen atoms in total. The lowest BCUT2D eigenvalue weighted by atomic mass is 10.1. The quantitative estimate of drug-likeness (QED) is 0.785. The molecule has 1 amide bonds. The lowest BCUT2D eigenvalue weighted by Crippen LogP contribution is -2.35. The molecule has 1 heterocycles. The summed E-state index contributed by atoms with van der Waals surface area (Å²) in [5, 5.41) is 3.00. The van der Waals surface area contributed by atoms with E-state index in [1.165, 1.54) is 5.56 Å². The Hall–Kier alpha value is -1.39. The third-order valence-corrected chi connectivity index (χ3v) is 3.73. The van der Waals surface area contributed by atoms with Crippen LogP contribution in [0.2, 0.25) is 0 Å². The SMILES string of the molecule is CCCCCC(=O)Nc1cccc(CN2CCOCC2)c1. The number of benzene rings is 1. The summed E-state index contributed by atoms with van der Waals surface area (Å²) in [5.41, 5.74) is 2.14. The molecule has 0 unspecified atom stereocenters. The molecule has 1 saturated heterocycles. The second-order valence-electron chi connectivity index (χ2n) is 5.59. The molecule has 2 rings (SSSR count). The summed E-state index contributed by atoms with van der Waals surface area (Å²) < 4.78 is 5.36. The van der Waals surface area contributed by atoms with Crippen LogP contribution in [0.5, 0.6) is 0 Å². The number of nitrogens with zero attached hydrogens (tertiary/aromatic N) is 1. The molecule has 0 bridgehead atoms. The lowest BCUT2D eigenvalue weighted by Gasteiger charge is -2.26. The molecular formula is C17H26N2O2. The van der Waals surface area contributed by atoms with E-state index in [1.54, 1.807) is 0 Å². The maximum Gasteiger partial charge on any atom is 0.224 e. The molecule has 1 aromatic rings. The monoisotopic (exact) mass is 290 g/mol. The van der Waals surface area contributed by atoms with Crippen LogP contribution in [0.4, 0.5) is 5.69 Å². The molecule has 1 aliphatic heterocycles. The minimum absolute atomic E-state index is 0.118. The Morgan fingerprint density at radius 3 is 2.86 bits per heavy atom. The third kappa shape index (κ3) is 5.86. The summed E-state index contributed by atoms with van der Waals surface area (Å²) in [6.07, 6.45) is 3.84. The summed E-state index contributed by atoms with van der Waals surface area (Å²) >= 11 is 0. The van der Waals surface area contributed by atoms with Crippen LogP contribution in [0.25, 0.3) is 0 Å². The van der Waals surface area contributed by atoms with Gasteiger partial charge in [-0.2, -0.15) is 0 Å². The van der Waals surface area contributed by atoms with Crippen LogP contribution < -0.4 is 5.32 Å². The van der Waals surface area contributed by atoms with Crippen LogP contribution in [-0.2, 0) is 16.1 Å². The van der Waals surface area contributed by atoms with Crippen molar-refractivity contribution in [1.29, 1.82) is 0 Å². The highest BCUT2D eigenvalue weighted by molar-refractivity contribution is 5.90. The van der Waals surface area contributed by atoms with E-state index in [-0.39, 0.29) is 5.91 Å². The topological polar surface area (TPSA) is 41.6 Å². The van der Waals surface area contributed by atoms with Gasteiger partial charge < -0.3 is 10.1 Å². The van der Waals surface area contributed by atoms with Crippen LogP contribution in [0.1, 0.15) is 38.2 Å². The van der Waals surface area contributed by atoms with Crippen LogP contribution >= 0.6 is 0 Å². The van der Waals surface area contributed by atoms with Gasteiger partial charge in [-0.25, -0.2) is 0 Å². The maximum atomic E-state index is 11.9. The van der Waals surface area contributed by atoms with E-state index < -0.39 is 0 Å². The number of nitrogens with one attached hydrogen (secondary N) is 1. The molecule has 0 aromatic heterocycles. The first-order valence-electron chi connectivity index (χ1n) is 7.97. The van der Waals surface area contributed by atoms with E-state index in [0.717, 1.165) is 57.8 Å². The second-order valence-corrected chi connectivity index (χ2v) is 5.59. The molecule has 1 aliphatic rings. The number of hydrogen-bond acceptors (Lipinski definition) is 3. The molecule has 1 N–H and O–H groups in total. The third-order valence-electron chi connectivity index (χ3n) is 3.73. The van der Waals surface area contributed by atoms with Crippen molar-refractivity contribution < 1.29 is 9.53 Å². The van der Waals surface area contributed by atoms with Gasteiger partial charge in [-0.3, -0.25) is 9.69 Å². The summed E-state index contributed by atoms with van der Waals surface area (Å²) in [6.45, 7) is 6.65. The number of hydrogen-bond donors (Lipinski definition) is 1. The normalized spacial score (nSPS) is 15.9. The van der Waals surface area contributed by atoms with Crippen molar-refractivity contribution in [3.05, 3.63) is 29.8 Å². The summed E-state index contributed by atoms with van der Waals surface area (Å²) in [6, 6.07) is 8.16. The van der Waals surface area contributed by atoms with E-state index >= 15 is 0 Å². The number of morpholine rings is 1. The zero-order valence-corrected chi connectivity index (χ0v) is 12.9. The van der Waals surface area contributed by atoms with Gasteiger partial charge in [0.1, 0.15) is 0 Å². The first kappa shape index (κ1) is 16.0. The number of carbonyl (C=O) groups excluding carboxylic acids is 1. The maximum absolute atomic E-state index is 11.9. The Bertz CT molecular complexity index is 442. The molecule has 0 saturated carbocycles. The summed E-state index contributed by atoms with van der Waals surface area (Å²) in [5.74, 6) is 0.118. The number of rotatable bonds is 7. The first-order valence-corrected chi connectivity index (χ1v) is 7.97. The van der Waals surface area contributed by atoms with Gasteiger partial charge in [-0.05, 0) is 24.1 Å². The Kier molecular flexibility index (Phi) is 6.70. The van der Waals surface area contributed by atoms with Crippen molar-refractivity contribution in [1.82, 2.24) is 4.90 Å². The zero-order valence-electron chi connectivity index (χ0n) is 12.9.